The molecule has 0 bridgehead atoms. The van der Waals surface area contributed by atoms with Gasteiger partial charge in [0, 0.05) is 27.6 Å². The van der Waals surface area contributed by atoms with Crippen molar-refractivity contribution in [3.05, 3.63) is 106 Å². The molecule has 0 spiro atoms. The fraction of sp³-hybridized carbons (Fsp3) is 0.154. The van der Waals surface area contributed by atoms with Crippen molar-refractivity contribution in [2.45, 2.75) is 24.4 Å². The molecule has 4 aromatic rings. The molecule has 0 radical (unpaired) electrons. The van der Waals surface area contributed by atoms with Crippen LogP contribution in [0.25, 0.3) is 11.3 Å². The highest BCUT2D eigenvalue weighted by Crippen LogP contribution is 2.43. The summed E-state index contributed by atoms with van der Waals surface area (Å²) in [4.78, 5) is 16.6. The predicted molar refractivity (Wildman–Crippen MR) is 130 cm³/mol. The minimum absolute atomic E-state index is 0.0419. The zero-order valence-corrected chi connectivity index (χ0v) is 19.4. The Hall–Kier alpha value is -3.02. The molecule has 1 aromatic heterocycles. The van der Waals surface area contributed by atoms with E-state index < -0.39 is 0 Å². The van der Waals surface area contributed by atoms with Gasteiger partial charge in [0.15, 0.2) is 0 Å². The van der Waals surface area contributed by atoms with Crippen molar-refractivity contribution in [1.29, 1.82) is 0 Å². The maximum absolute atomic E-state index is 13.5. The van der Waals surface area contributed by atoms with Crippen molar-refractivity contribution in [1.82, 2.24) is 15.1 Å². The summed E-state index contributed by atoms with van der Waals surface area (Å²) in [5.41, 5.74) is 6.61. The van der Waals surface area contributed by atoms with E-state index in [-0.39, 0.29) is 11.9 Å². The topological polar surface area (TPSA) is 49.0 Å². The molecule has 160 valence electrons. The zero-order chi connectivity index (χ0) is 22.2. The number of rotatable bonds is 5. The molecule has 0 saturated carbocycles. The van der Waals surface area contributed by atoms with Crippen LogP contribution in [0.1, 0.15) is 38.8 Å². The SMILES string of the molecule is CSc1ccc(C2c3c(-c4ccc(C)cc4)n[nH]c3C(=O)N2Cc2ccc(Cl)cc2)cc1. The van der Waals surface area contributed by atoms with E-state index in [1.165, 1.54) is 10.5 Å². The molecule has 3 aromatic carbocycles. The molecule has 5 rings (SSSR count). The predicted octanol–water partition coefficient (Wildman–Crippen LogP) is 6.51. The number of hydrogen-bond acceptors (Lipinski definition) is 3. The molecule has 1 unspecified atom stereocenters. The van der Waals surface area contributed by atoms with Crippen molar-refractivity contribution in [2.75, 3.05) is 6.26 Å². The van der Waals surface area contributed by atoms with E-state index in [0.717, 1.165) is 27.9 Å². The quantitative estimate of drug-likeness (QED) is 0.346. The van der Waals surface area contributed by atoms with Gasteiger partial charge in [0.1, 0.15) is 5.69 Å². The highest BCUT2D eigenvalue weighted by atomic mass is 35.5. The second-order valence-electron chi connectivity index (χ2n) is 7.96. The van der Waals surface area contributed by atoms with Gasteiger partial charge >= 0.3 is 0 Å². The summed E-state index contributed by atoms with van der Waals surface area (Å²) in [6.45, 7) is 2.55. The van der Waals surface area contributed by atoms with Gasteiger partial charge in [-0.3, -0.25) is 9.89 Å². The van der Waals surface area contributed by atoms with Crippen LogP contribution in [-0.2, 0) is 6.54 Å². The Morgan fingerprint density at radius 1 is 1.00 bits per heavy atom. The van der Waals surface area contributed by atoms with E-state index in [0.29, 0.717) is 17.3 Å². The number of H-pyrrole nitrogens is 1. The largest absolute Gasteiger partial charge is 0.322 e. The highest BCUT2D eigenvalue weighted by molar-refractivity contribution is 7.98. The maximum atomic E-state index is 13.5. The molecule has 1 aliphatic rings. The Bertz CT molecular complexity index is 1260. The molecule has 1 atom stereocenters. The van der Waals surface area contributed by atoms with Gasteiger partial charge in [0.2, 0.25) is 0 Å². The first-order valence-electron chi connectivity index (χ1n) is 10.4. The molecule has 0 fully saturated rings. The third-order valence-electron chi connectivity index (χ3n) is 5.89. The van der Waals surface area contributed by atoms with E-state index in [4.69, 9.17) is 11.6 Å². The molecule has 2 heterocycles. The van der Waals surface area contributed by atoms with Gasteiger partial charge in [-0.05, 0) is 48.6 Å². The number of fused-ring (bicyclic) bond motifs is 1. The van der Waals surface area contributed by atoms with Gasteiger partial charge in [-0.15, -0.1) is 11.8 Å². The standard InChI is InChI=1S/C26H22ClN3OS/c1-16-3-7-18(8-4-16)23-22-24(29-28-23)26(31)30(15-17-5-11-20(27)12-6-17)25(22)19-9-13-21(32-2)14-10-19/h3-14,25H,15H2,1-2H3,(H,28,29). The number of benzene rings is 3. The first kappa shape index (κ1) is 20.9. The minimum Gasteiger partial charge on any atom is -0.322 e. The van der Waals surface area contributed by atoms with Crippen LogP contribution in [-0.4, -0.2) is 27.3 Å². The first-order valence-corrected chi connectivity index (χ1v) is 12.0. The smallest absolute Gasteiger partial charge is 0.273 e. The van der Waals surface area contributed by atoms with Gasteiger partial charge in [-0.1, -0.05) is 65.7 Å². The molecular formula is C26H22ClN3OS. The summed E-state index contributed by atoms with van der Waals surface area (Å²) in [6, 6.07) is 24.1. The van der Waals surface area contributed by atoms with Crippen LogP contribution in [0.5, 0.6) is 0 Å². The lowest BCUT2D eigenvalue weighted by Gasteiger charge is -2.26. The summed E-state index contributed by atoms with van der Waals surface area (Å²) in [6.07, 6.45) is 2.06. The molecule has 1 N–H and O–H groups in total. The molecule has 1 amide bonds. The zero-order valence-electron chi connectivity index (χ0n) is 17.8. The molecule has 4 nitrogen and oxygen atoms in total. The van der Waals surface area contributed by atoms with Crippen molar-refractivity contribution in [3.63, 3.8) is 0 Å². The van der Waals surface area contributed by atoms with Gasteiger partial charge in [-0.2, -0.15) is 5.10 Å². The summed E-state index contributed by atoms with van der Waals surface area (Å²) in [7, 11) is 0. The van der Waals surface area contributed by atoms with Crippen LogP contribution >= 0.6 is 23.4 Å². The second kappa shape index (κ2) is 8.49. The van der Waals surface area contributed by atoms with Crippen molar-refractivity contribution in [2.24, 2.45) is 0 Å². The van der Waals surface area contributed by atoms with Crippen molar-refractivity contribution >= 4 is 29.3 Å². The fourth-order valence-electron chi connectivity index (χ4n) is 4.21. The van der Waals surface area contributed by atoms with Crippen molar-refractivity contribution in [3.8, 4) is 11.3 Å². The van der Waals surface area contributed by atoms with Gasteiger partial charge < -0.3 is 4.90 Å². The van der Waals surface area contributed by atoms with E-state index in [1.54, 1.807) is 11.8 Å². The van der Waals surface area contributed by atoms with Crippen molar-refractivity contribution < 1.29 is 4.79 Å². The van der Waals surface area contributed by atoms with Gasteiger partial charge in [0.05, 0.1) is 11.7 Å². The monoisotopic (exact) mass is 459 g/mol. The Labute approximate surface area is 196 Å². The number of halogens is 1. The Balaban J connectivity index is 1.62. The van der Waals surface area contributed by atoms with E-state index >= 15 is 0 Å². The lowest BCUT2D eigenvalue weighted by molar-refractivity contribution is 0.0730. The number of aromatic nitrogens is 2. The second-order valence-corrected chi connectivity index (χ2v) is 9.28. The molecule has 0 saturated heterocycles. The van der Waals surface area contributed by atoms with Crippen LogP contribution in [0.3, 0.4) is 0 Å². The molecule has 1 aliphatic heterocycles. The lowest BCUT2D eigenvalue weighted by Crippen LogP contribution is -2.29. The van der Waals surface area contributed by atoms with Gasteiger partial charge in [0.25, 0.3) is 5.91 Å². The maximum Gasteiger partial charge on any atom is 0.273 e. The van der Waals surface area contributed by atoms with Crippen LogP contribution in [0, 0.1) is 6.92 Å². The van der Waals surface area contributed by atoms with Gasteiger partial charge in [-0.25, -0.2) is 0 Å². The average molecular weight is 460 g/mol. The molecule has 0 aliphatic carbocycles. The number of carbonyl (C=O) groups is 1. The minimum atomic E-state index is -0.223. The number of carbonyl (C=O) groups excluding carboxylic acids is 1. The normalized spacial score (nSPS) is 15.3. The Morgan fingerprint density at radius 2 is 1.69 bits per heavy atom. The summed E-state index contributed by atoms with van der Waals surface area (Å²) in [5.74, 6) is -0.0419. The number of thioether (sulfide) groups is 1. The number of amides is 1. The van der Waals surface area contributed by atoms with E-state index in [2.05, 4.69) is 71.9 Å². The number of nitrogens with zero attached hydrogens (tertiary/aromatic N) is 2. The molecular weight excluding hydrogens is 438 g/mol. The Kier molecular flexibility index (Phi) is 5.53. The third-order valence-corrected chi connectivity index (χ3v) is 6.88. The summed E-state index contributed by atoms with van der Waals surface area (Å²) in [5, 5.41) is 8.27. The van der Waals surface area contributed by atoms with E-state index in [1.807, 2.05) is 29.2 Å². The van der Waals surface area contributed by atoms with Crippen LogP contribution in [0.2, 0.25) is 5.02 Å². The summed E-state index contributed by atoms with van der Waals surface area (Å²) >= 11 is 7.77. The first-order chi connectivity index (χ1) is 15.5. The van der Waals surface area contributed by atoms with Crippen LogP contribution in [0.4, 0.5) is 0 Å². The van der Waals surface area contributed by atoms with Crippen LogP contribution < -0.4 is 0 Å². The Morgan fingerprint density at radius 3 is 2.34 bits per heavy atom. The summed E-state index contributed by atoms with van der Waals surface area (Å²) < 4.78 is 0. The van der Waals surface area contributed by atoms with E-state index in [9.17, 15) is 4.79 Å². The van der Waals surface area contributed by atoms with Crippen LogP contribution in [0.15, 0.2) is 77.7 Å². The number of nitrogens with one attached hydrogen (secondary N) is 1. The number of hydrogen-bond donors (Lipinski definition) is 1. The number of aromatic amines is 1. The highest BCUT2D eigenvalue weighted by Gasteiger charge is 2.42. The average Bonchev–Trinajstić information content (AvgIpc) is 3.35. The third kappa shape index (κ3) is 3.72. The molecule has 6 heteroatoms. The number of aryl methyl sites for hydroxylation is 1. The molecule has 32 heavy (non-hydrogen) atoms. The lowest BCUT2D eigenvalue weighted by atomic mass is 9.95. The fourth-order valence-corrected chi connectivity index (χ4v) is 4.74.